The lowest BCUT2D eigenvalue weighted by Gasteiger charge is -2.31. The molecule has 0 saturated heterocycles. The number of rotatable bonds is 2. The first-order chi connectivity index (χ1) is 13.7. The smallest absolute Gasteiger partial charge is 0.0128 e. The zero-order chi connectivity index (χ0) is 24.2. The Bertz CT molecular complexity index is 798. The molecule has 0 N–H and O–H groups in total. The van der Waals surface area contributed by atoms with Gasteiger partial charge in [-0.3, -0.25) is 0 Å². The largest absolute Gasteiger partial charge is 0.0901 e. The number of hydrogen-bond acceptors (Lipinski definition) is 1. The Labute approximate surface area is 197 Å². The molecule has 0 unspecified atom stereocenters. The van der Waals surface area contributed by atoms with Crippen molar-refractivity contribution in [3.8, 4) is 0 Å². The Morgan fingerprint density at radius 2 is 0.613 bits per heavy atom. The lowest BCUT2D eigenvalue weighted by atomic mass is 9.77. The highest BCUT2D eigenvalue weighted by molar-refractivity contribution is 7.99. The van der Waals surface area contributed by atoms with Gasteiger partial charge in [-0.25, -0.2) is 0 Å². The monoisotopic (exact) mass is 438 g/mol. The fraction of sp³-hybridized carbons (Fsp3) is 0.600. The van der Waals surface area contributed by atoms with Crippen molar-refractivity contribution < 1.29 is 0 Å². The minimum absolute atomic E-state index is 0.126. The molecule has 0 bridgehead atoms. The molecule has 0 atom stereocenters. The van der Waals surface area contributed by atoms with Gasteiger partial charge < -0.3 is 0 Å². The number of hydrogen-bond donors (Lipinski definition) is 0. The molecule has 0 nitrogen and oxygen atoms in total. The Kier molecular flexibility index (Phi) is 6.96. The molecule has 0 radical (unpaired) electrons. The third-order valence-electron chi connectivity index (χ3n) is 6.23. The molecule has 2 aromatic carbocycles. The summed E-state index contributed by atoms with van der Waals surface area (Å²) >= 11 is 1.93. The van der Waals surface area contributed by atoms with Gasteiger partial charge in [-0.15, -0.1) is 0 Å². The second kappa shape index (κ2) is 8.29. The first-order valence-corrected chi connectivity index (χ1v) is 12.5. The van der Waals surface area contributed by atoms with E-state index in [1.54, 1.807) is 0 Å². The summed E-state index contributed by atoms with van der Waals surface area (Å²) < 4.78 is 0. The van der Waals surface area contributed by atoms with Gasteiger partial charge in [-0.05, 0) is 93.2 Å². The van der Waals surface area contributed by atoms with E-state index < -0.39 is 0 Å². The van der Waals surface area contributed by atoms with Crippen LogP contribution in [0.5, 0.6) is 0 Å². The van der Waals surface area contributed by atoms with Crippen molar-refractivity contribution in [1.29, 1.82) is 0 Å². The van der Waals surface area contributed by atoms with E-state index >= 15 is 0 Å². The van der Waals surface area contributed by atoms with Crippen molar-refractivity contribution >= 4 is 11.8 Å². The van der Waals surface area contributed by atoms with Crippen LogP contribution in [0.25, 0.3) is 0 Å². The van der Waals surface area contributed by atoms with E-state index in [9.17, 15) is 0 Å². The van der Waals surface area contributed by atoms with Crippen LogP contribution in [0.2, 0.25) is 0 Å². The van der Waals surface area contributed by atoms with Gasteiger partial charge in [-0.2, -0.15) is 0 Å². The average molecular weight is 439 g/mol. The van der Waals surface area contributed by atoms with Crippen molar-refractivity contribution in [3.63, 3.8) is 0 Å². The van der Waals surface area contributed by atoms with Gasteiger partial charge in [0.15, 0.2) is 0 Å². The minimum Gasteiger partial charge on any atom is -0.0901 e. The molecule has 0 aromatic heterocycles. The third-order valence-corrected chi connectivity index (χ3v) is 7.17. The molecule has 31 heavy (non-hydrogen) atoms. The van der Waals surface area contributed by atoms with Crippen molar-refractivity contribution in [2.75, 3.05) is 0 Å². The Morgan fingerprint density at radius 1 is 0.419 bits per heavy atom. The number of benzene rings is 2. The maximum atomic E-state index is 2.43. The quantitative estimate of drug-likeness (QED) is 0.449. The summed E-state index contributed by atoms with van der Waals surface area (Å²) in [6.07, 6.45) is 0. The zero-order valence-electron chi connectivity index (χ0n) is 22.7. The molecule has 0 spiro atoms. The van der Waals surface area contributed by atoms with Crippen LogP contribution in [-0.4, -0.2) is 0 Å². The summed E-state index contributed by atoms with van der Waals surface area (Å²) in [6, 6.07) is 9.73. The average Bonchev–Trinajstić information content (AvgIpc) is 2.53. The summed E-state index contributed by atoms with van der Waals surface area (Å²) in [7, 11) is 0. The molecule has 0 fully saturated rings. The van der Waals surface area contributed by atoms with E-state index in [2.05, 4.69) is 121 Å². The lowest BCUT2D eigenvalue weighted by Crippen LogP contribution is -2.20. The maximum Gasteiger partial charge on any atom is 0.0128 e. The van der Waals surface area contributed by atoms with Crippen molar-refractivity contribution in [2.24, 2.45) is 0 Å². The molecule has 0 heterocycles. The van der Waals surface area contributed by atoms with E-state index in [0.717, 1.165) is 0 Å². The van der Waals surface area contributed by atoms with E-state index in [1.807, 2.05) is 11.8 Å². The van der Waals surface area contributed by atoms with Crippen LogP contribution in [-0.2, 0) is 21.7 Å². The molecule has 0 saturated carbocycles. The topological polar surface area (TPSA) is 0 Å². The van der Waals surface area contributed by atoms with Crippen molar-refractivity contribution in [3.05, 3.63) is 57.6 Å². The van der Waals surface area contributed by atoms with Gasteiger partial charge in [0.1, 0.15) is 0 Å². The molecular weight excluding hydrogens is 392 g/mol. The van der Waals surface area contributed by atoms with Gasteiger partial charge in [-0.1, -0.05) is 94.8 Å². The van der Waals surface area contributed by atoms with E-state index in [1.165, 1.54) is 43.2 Å². The maximum absolute atomic E-state index is 2.43. The predicted octanol–water partition coefficient (Wildman–Crippen LogP) is 9.64. The molecule has 0 aliphatic heterocycles. The Morgan fingerprint density at radius 3 is 0.774 bits per heavy atom. The van der Waals surface area contributed by atoms with Crippen LogP contribution >= 0.6 is 11.8 Å². The minimum atomic E-state index is 0.126. The highest BCUT2D eigenvalue weighted by Gasteiger charge is 2.27. The predicted molar refractivity (Wildman–Crippen MR) is 141 cm³/mol. The zero-order valence-corrected chi connectivity index (χ0v) is 23.5. The summed E-state index contributed by atoms with van der Waals surface area (Å²) in [4.78, 5) is 2.70. The second-order valence-corrected chi connectivity index (χ2v) is 14.5. The van der Waals surface area contributed by atoms with Crippen LogP contribution < -0.4 is 0 Å². The van der Waals surface area contributed by atoms with Crippen LogP contribution in [0.1, 0.15) is 116 Å². The van der Waals surface area contributed by atoms with E-state index in [-0.39, 0.29) is 21.7 Å². The second-order valence-electron chi connectivity index (χ2n) is 13.4. The molecule has 2 rings (SSSR count). The molecule has 172 valence electrons. The highest BCUT2D eigenvalue weighted by atomic mass is 32.2. The summed E-state index contributed by atoms with van der Waals surface area (Å²) in [5.74, 6) is 0. The van der Waals surface area contributed by atoms with Crippen LogP contribution in [0.3, 0.4) is 0 Å². The first-order valence-electron chi connectivity index (χ1n) is 11.7. The van der Waals surface area contributed by atoms with Crippen LogP contribution in [0, 0.1) is 13.8 Å². The normalized spacial score (nSPS) is 13.6. The van der Waals surface area contributed by atoms with Gasteiger partial charge in [0.25, 0.3) is 0 Å². The molecule has 1 heteroatoms. The SMILES string of the molecule is Cc1c(C(C)(C)C)cc(Sc2cc(C(C)(C)C)c(C)c(C(C)(C)C)c2)cc1C(C)(C)C. The molecule has 0 aliphatic carbocycles. The third kappa shape index (κ3) is 5.98. The van der Waals surface area contributed by atoms with E-state index in [0.29, 0.717) is 0 Å². The summed E-state index contributed by atoms with van der Waals surface area (Å²) in [6.45, 7) is 32.6. The molecular formula is C30H46S. The molecule has 0 amide bonds. The standard InChI is InChI=1S/C30H46S/c1-19-23(27(3,4)5)15-21(16-24(19)28(6,7)8)31-22-17-25(29(9,10)11)20(2)26(18-22)30(12,13)14/h15-18H,1-14H3. The van der Waals surface area contributed by atoms with Gasteiger partial charge in [0.2, 0.25) is 0 Å². The Balaban J connectivity index is 2.73. The lowest BCUT2D eigenvalue weighted by molar-refractivity contribution is 0.558. The van der Waals surface area contributed by atoms with Crippen LogP contribution in [0.15, 0.2) is 34.1 Å². The highest BCUT2D eigenvalue weighted by Crippen LogP contribution is 2.42. The summed E-state index contributed by atoms with van der Waals surface area (Å²) in [5, 5.41) is 0. The van der Waals surface area contributed by atoms with Gasteiger partial charge in [0, 0.05) is 9.79 Å². The Hall–Kier alpha value is -1.21. The van der Waals surface area contributed by atoms with Crippen LogP contribution in [0.4, 0.5) is 0 Å². The van der Waals surface area contributed by atoms with Gasteiger partial charge in [0.05, 0.1) is 0 Å². The fourth-order valence-corrected chi connectivity index (χ4v) is 5.72. The van der Waals surface area contributed by atoms with E-state index in [4.69, 9.17) is 0 Å². The fourth-order valence-electron chi connectivity index (χ4n) is 4.75. The van der Waals surface area contributed by atoms with Crippen molar-refractivity contribution in [1.82, 2.24) is 0 Å². The molecule has 2 aromatic rings. The summed E-state index contributed by atoms with van der Waals surface area (Å²) in [5.41, 5.74) is 9.23. The van der Waals surface area contributed by atoms with Gasteiger partial charge >= 0.3 is 0 Å². The first kappa shape index (κ1) is 26.0. The molecule has 0 aliphatic rings. The van der Waals surface area contributed by atoms with Crippen molar-refractivity contribution in [2.45, 2.75) is 128 Å².